The van der Waals surface area contributed by atoms with Crippen LogP contribution < -0.4 is 5.32 Å². The summed E-state index contributed by atoms with van der Waals surface area (Å²) in [5.74, 6) is -0.480. The van der Waals surface area contributed by atoms with Gasteiger partial charge in [0.1, 0.15) is 0 Å². The Morgan fingerprint density at radius 2 is 2.06 bits per heavy atom. The summed E-state index contributed by atoms with van der Waals surface area (Å²) in [6, 6.07) is 0. The van der Waals surface area contributed by atoms with Gasteiger partial charge in [-0.05, 0) is 0 Å². The van der Waals surface area contributed by atoms with Crippen LogP contribution in [0.3, 0.4) is 0 Å². The highest BCUT2D eigenvalue weighted by atomic mass is 35.5. The molecule has 1 N–H and O–H groups in total. The van der Waals surface area contributed by atoms with Crippen molar-refractivity contribution >= 4 is 23.3 Å². The standard InChI is InChI=1S/C11H16ClN3O2/c1-11(2,3)8(16)5-13-10(17)9-7(12)6-15(4)14-9/h6H,5H2,1-4H3,(H,13,17). The number of carbonyl (C=O) groups is 2. The zero-order valence-electron chi connectivity index (χ0n) is 10.4. The van der Waals surface area contributed by atoms with Crippen LogP contribution in [-0.4, -0.2) is 28.0 Å². The van der Waals surface area contributed by atoms with E-state index in [0.29, 0.717) is 0 Å². The zero-order chi connectivity index (χ0) is 13.2. The van der Waals surface area contributed by atoms with E-state index in [0.717, 1.165) is 0 Å². The minimum Gasteiger partial charge on any atom is -0.343 e. The average Bonchev–Trinajstić information content (AvgIpc) is 2.52. The number of hydrogen-bond donors (Lipinski definition) is 1. The molecule has 0 aromatic carbocycles. The molecule has 1 amide bonds. The molecule has 0 saturated heterocycles. The fraction of sp³-hybridized carbons (Fsp3) is 0.545. The third kappa shape index (κ3) is 3.56. The number of Topliss-reactive ketones (excluding diaryl/α,β-unsaturated/α-hetero) is 1. The normalized spacial score (nSPS) is 11.4. The lowest BCUT2D eigenvalue weighted by molar-refractivity contribution is -0.125. The van der Waals surface area contributed by atoms with Crippen molar-refractivity contribution in [2.75, 3.05) is 6.54 Å². The Morgan fingerprint density at radius 1 is 1.47 bits per heavy atom. The lowest BCUT2D eigenvalue weighted by atomic mass is 9.91. The summed E-state index contributed by atoms with van der Waals surface area (Å²) in [4.78, 5) is 23.3. The minimum absolute atomic E-state index is 0.0186. The largest absolute Gasteiger partial charge is 0.343 e. The second kappa shape index (κ2) is 4.87. The SMILES string of the molecule is Cn1cc(Cl)c(C(=O)NCC(=O)C(C)(C)C)n1. The number of halogens is 1. The first kappa shape index (κ1) is 13.7. The van der Waals surface area contributed by atoms with E-state index in [2.05, 4.69) is 10.4 Å². The Bertz CT molecular complexity index is 446. The Morgan fingerprint density at radius 3 is 2.47 bits per heavy atom. The number of nitrogens with one attached hydrogen (secondary N) is 1. The van der Waals surface area contributed by atoms with Gasteiger partial charge in [-0.3, -0.25) is 14.3 Å². The number of aryl methyl sites for hydroxylation is 1. The Hall–Kier alpha value is -1.36. The van der Waals surface area contributed by atoms with Gasteiger partial charge in [0.2, 0.25) is 0 Å². The van der Waals surface area contributed by atoms with Crippen LogP contribution in [0, 0.1) is 5.41 Å². The van der Waals surface area contributed by atoms with E-state index in [-0.39, 0.29) is 23.0 Å². The predicted octanol–water partition coefficient (Wildman–Crippen LogP) is 1.42. The van der Waals surface area contributed by atoms with E-state index in [1.807, 2.05) is 0 Å². The quantitative estimate of drug-likeness (QED) is 0.891. The molecule has 0 saturated carbocycles. The average molecular weight is 258 g/mol. The molecule has 0 aliphatic heterocycles. The second-order valence-corrected chi connectivity index (χ2v) is 5.26. The summed E-state index contributed by atoms with van der Waals surface area (Å²) in [5.41, 5.74) is -0.336. The van der Waals surface area contributed by atoms with Gasteiger partial charge in [-0.15, -0.1) is 0 Å². The maximum atomic E-state index is 11.7. The number of rotatable bonds is 3. The van der Waals surface area contributed by atoms with Crippen molar-refractivity contribution in [3.05, 3.63) is 16.9 Å². The smallest absolute Gasteiger partial charge is 0.273 e. The molecule has 0 aliphatic carbocycles. The van der Waals surface area contributed by atoms with Crippen LogP contribution in [0.4, 0.5) is 0 Å². The van der Waals surface area contributed by atoms with Gasteiger partial charge < -0.3 is 5.32 Å². The number of nitrogens with zero attached hydrogens (tertiary/aromatic N) is 2. The lowest BCUT2D eigenvalue weighted by Crippen LogP contribution is -2.35. The van der Waals surface area contributed by atoms with Crippen LogP contribution >= 0.6 is 11.6 Å². The van der Waals surface area contributed by atoms with Crippen molar-refractivity contribution in [2.45, 2.75) is 20.8 Å². The van der Waals surface area contributed by atoms with Gasteiger partial charge in [-0.2, -0.15) is 5.10 Å². The Balaban J connectivity index is 2.63. The summed E-state index contributed by atoms with van der Waals surface area (Å²) in [6.45, 7) is 5.38. The summed E-state index contributed by atoms with van der Waals surface area (Å²) in [5, 5.41) is 6.69. The summed E-state index contributed by atoms with van der Waals surface area (Å²) < 4.78 is 1.45. The second-order valence-electron chi connectivity index (χ2n) is 4.86. The molecule has 17 heavy (non-hydrogen) atoms. The van der Waals surface area contributed by atoms with Crippen molar-refractivity contribution in [2.24, 2.45) is 12.5 Å². The molecule has 5 nitrogen and oxygen atoms in total. The van der Waals surface area contributed by atoms with Crippen molar-refractivity contribution in [3.63, 3.8) is 0 Å². The maximum absolute atomic E-state index is 11.7. The van der Waals surface area contributed by atoms with Crippen molar-refractivity contribution < 1.29 is 9.59 Å². The van der Waals surface area contributed by atoms with Crippen LogP contribution in [-0.2, 0) is 11.8 Å². The minimum atomic E-state index is -0.471. The Kier molecular flexibility index (Phi) is 3.93. The van der Waals surface area contributed by atoms with Gasteiger partial charge >= 0.3 is 0 Å². The molecule has 0 fully saturated rings. The maximum Gasteiger partial charge on any atom is 0.273 e. The number of carbonyl (C=O) groups excluding carboxylic acids is 2. The molecule has 0 aliphatic rings. The van der Waals surface area contributed by atoms with Crippen LogP contribution in [0.15, 0.2) is 6.20 Å². The first-order chi connectivity index (χ1) is 7.71. The van der Waals surface area contributed by atoms with E-state index in [9.17, 15) is 9.59 Å². The molecule has 0 spiro atoms. The highest BCUT2D eigenvalue weighted by Crippen LogP contribution is 2.15. The lowest BCUT2D eigenvalue weighted by Gasteiger charge is -2.16. The van der Waals surface area contributed by atoms with Crippen LogP contribution in [0.1, 0.15) is 31.3 Å². The van der Waals surface area contributed by atoms with Crippen LogP contribution in [0.2, 0.25) is 5.02 Å². The molecular formula is C11H16ClN3O2. The number of aromatic nitrogens is 2. The fourth-order valence-corrected chi connectivity index (χ4v) is 1.39. The van der Waals surface area contributed by atoms with Gasteiger partial charge in [0.25, 0.3) is 5.91 Å². The monoisotopic (exact) mass is 257 g/mol. The van der Waals surface area contributed by atoms with E-state index >= 15 is 0 Å². The molecule has 1 aromatic rings. The van der Waals surface area contributed by atoms with Gasteiger partial charge in [-0.1, -0.05) is 32.4 Å². The van der Waals surface area contributed by atoms with Crippen molar-refractivity contribution in [1.29, 1.82) is 0 Å². The van der Waals surface area contributed by atoms with E-state index in [4.69, 9.17) is 11.6 Å². The predicted molar refractivity (Wildman–Crippen MR) is 65.0 cm³/mol. The molecule has 94 valence electrons. The van der Waals surface area contributed by atoms with Gasteiger partial charge in [0.15, 0.2) is 11.5 Å². The first-order valence-electron chi connectivity index (χ1n) is 5.22. The molecule has 1 heterocycles. The molecule has 0 bridgehead atoms. The fourth-order valence-electron chi connectivity index (χ4n) is 1.12. The summed E-state index contributed by atoms with van der Waals surface area (Å²) in [6.07, 6.45) is 1.53. The first-order valence-corrected chi connectivity index (χ1v) is 5.60. The van der Waals surface area contributed by atoms with Crippen LogP contribution in [0.5, 0.6) is 0 Å². The number of ketones is 1. The van der Waals surface area contributed by atoms with Crippen molar-refractivity contribution in [1.82, 2.24) is 15.1 Å². The number of amides is 1. The highest BCUT2D eigenvalue weighted by molar-refractivity contribution is 6.33. The molecular weight excluding hydrogens is 242 g/mol. The molecule has 0 radical (unpaired) electrons. The van der Waals surface area contributed by atoms with Crippen molar-refractivity contribution in [3.8, 4) is 0 Å². The molecule has 0 unspecified atom stereocenters. The van der Waals surface area contributed by atoms with Gasteiger partial charge in [0.05, 0.1) is 11.6 Å². The molecule has 1 aromatic heterocycles. The Labute approximate surface area is 105 Å². The summed E-state index contributed by atoms with van der Waals surface area (Å²) >= 11 is 5.82. The van der Waals surface area contributed by atoms with Gasteiger partial charge in [-0.25, -0.2) is 0 Å². The molecule has 1 rings (SSSR count). The zero-order valence-corrected chi connectivity index (χ0v) is 11.1. The van der Waals surface area contributed by atoms with Crippen LogP contribution in [0.25, 0.3) is 0 Å². The molecule has 0 atom stereocenters. The van der Waals surface area contributed by atoms with Gasteiger partial charge in [0, 0.05) is 18.7 Å². The highest BCUT2D eigenvalue weighted by Gasteiger charge is 2.22. The number of hydrogen-bond acceptors (Lipinski definition) is 3. The topological polar surface area (TPSA) is 64.0 Å². The van der Waals surface area contributed by atoms with E-state index < -0.39 is 11.3 Å². The summed E-state index contributed by atoms with van der Waals surface area (Å²) in [7, 11) is 1.67. The molecule has 6 heteroatoms. The third-order valence-corrected chi connectivity index (χ3v) is 2.52. The third-order valence-electron chi connectivity index (χ3n) is 2.25. The van der Waals surface area contributed by atoms with E-state index in [1.54, 1.807) is 27.8 Å². The van der Waals surface area contributed by atoms with E-state index in [1.165, 1.54) is 10.9 Å².